The van der Waals surface area contributed by atoms with Crippen LogP contribution in [0.1, 0.15) is 39.0 Å². The number of hydrogen-bond donors (Lipinski definition) is 2. The zero-order valence-electron chi connectivity index (χ0n) is 18.3. The first-order chi connectivity index (χ1) is 14.5. The van der Waals surface area contributed by atoms with Gasteiger partial charge in [-0.2, -0.15) is 4.72 Å². The summed E-state index contributed by atoms with van der Waals surface area (Å²) in [7, 11) is -3.96. The third kappa shape index (κ3) is 4.94. The normalized spacial score (nSPS) is 16.8. The van der Waals surface area contributed by atoms with Crippen LogP contribution in [0.5, 0.6) is 0 Å². The number of fused-ring (bicyclic) bond motifs is 1. The Kier molecular flexibility index (Phi) is 6.47. The average Bonchev–Trinajstić information content (AvgIpc) is 3.00. The van der Waals surface area contributed by atoms with Crippen molar-refractivity contribution in [1.29, 1.82) is 0 Å². The van der Waals surface area contributed by atoms with Gasteiger partial charge in [-0.1, -0.05) is 19.9 Å². The SMILES string of the molecule is CC(=O)N1c2ccc(S(=O)(=O)N[C@H](C(=O)Nc3cccc(C)n3)C(C)C)cc2C[C@@H]1C. The van der Waals surface area contributed by atoms with E-state index in [2.05, 4.69) is 15.0 Å². The number of anilines is 2. The predicted molar refractivity (Wildman–Crippen MR) is 119 cm³/mol. The molecular formula is C22H28N4O4S. The zero-order valence-corrected chi connectivity index (χ0v) is 19.2. The van der Waals surface area contributed by atoms with Crippen LogP contribution in [0.2, 0.25) is 0 Å². The van der Waals surface area contributed by atoms with Gasteiger partial charge in [0.05, 0.1) is 4.90 Å². The highest BCUT2D eigenvalue weighted by Crippen LogP contribution is 2.34. The maximum absolute atomic E-state index is 13.1. The van der Waals surface area contributed by atoms with E-state index in [1.807, 2.05) is 6.92 Å². The first-order valence-corrected chi connectivity index (χ1v) is 11.7. The lowest BCUT2D eigenvalue weighted by molar-refractivity contribution is -0.119. The van der Waals surface area contributed by atoms with Gasteiger partial charge in [0, 0.05) is 24.3 Å². The van der Waals surface area contributed by atoms with Gasteiger partial charge in [-0.15, -0.1) is 0 Å². The number of nitrogens with one attached hydrogen (secondary N) is 2. The van der Waals surface area contributed by atoms with E-state index in [-0.39, 0.29) is 22.8 Å². The largest absolute Gasteiger partial charge is 0.309 e. The Bertz CT molecular complexity index is 1110. The molecule has 2 amide bonds. The van der Waals surface area contributed by atoms with Crippen molar-refractivity contribution in [2.75, 3.05) is 10.2 Å². The molecule has 0 aliphatic carbocycles. The molecule has 1 aromatic heterocycles. The minimum atomic E-state index is -3.96. The lowest BCUT2D eigenvalue weighted by Gasteiger charge is -2.22. The lowest BCUT2D eigenvalue weighted by Crippen LogP contribution is -2.47. The van der Waals surface area contributed by atoms with E-state index >= 15 is 0 Å². The summed E-state index contributed by atoms with van der Waals surface area (Å²) in [5.74, 6) is -0.483. The zero-order chi connectivity index (χ0) is 22.9. The molecule has 0 spiro atoms. The lowest BCUT2D eigenvalue weighted by atomic mass is 10.1. The molecule has 0 fully saturated rings. The maximum Gasteiger partial charge on any atom is 0.243 e. The number of rotatable bonds is 6. The fourth-order valence-electron chi connectivity index (χ4n) is 3.80. The molecule has 0 unspecified atom stereocenters. The van der Waals surface area contributed by atoms with Crippen molar-refractivity contribution in [2.24, 2.45) is 5.92 Å². The molecule has 3 rings (SSSR count). The van der Waals surface area contributed by atoms with Crippen molar-refractivity contribution in [2.45, 2.75) is 58.0 Å². The Morgan fingerprint density at radius 3 is 2.52 bits per heavy atom. The first kappa shape index (κ1) is 22.9. The number of sulfonamides is 1. The molecular weight excluding hydrogens is 416 g/mol. The van der Waals surface area contributed by atoms with Crippen LogP contribution in [0, 0.1) is 12.8 Å². The van der Waals surface area contributed by atoms with Crippen molar-refractivity contribution in [3.05, 3.63) is 47.7 Å². The highest BCUT2D eigenvalue weighted by Gasteiger charge is 2.32. The van der Waals surface area contributed by atoms with Crippen molar-refractivity contribution in [1.82, 2.24) is 9.71 Å². The number of nitrogens with zero attached hydrogens (tertiary/aromatic N) is 2. The second kappa shape index (κ2) is 8.76. The van der Waals surface area contributed by atoms with Crippen LogP contribution >= 0.6 is 0 Å². The molecule has 2 aromatic rings. The summed E-state index contributed by atoms with van der Waals surface area (Å²) >= 11 is 0. The van der Waals surface area contributed by atoms with E-state index in [1.165, 1.54) is 13.0 Å². The molecule has 0 saturated carbocycles. The Labute approximate surface area is 183 Å². The highest BCUT2D eigenvalue weighted by molar-refractivity contribution is 7.89. The number of benzene rings is 1. The number of hydrogen-bond acceptors (Lipinski definition) is 5. The van der Waals surface area contributed by atoms with Gasteiger partial charge < -0.3 is 10.2 Å². The molecule has 2 heterocycles. The molecule has 1 aliphatic heterocycles. The van der Waals surface area contributed by atoms with Gasteiger partial charge in [-0.05, 0) is 62.1 Å². The van der Waals surface area contributed by atoms with Crippen molar-refractivity contribution >= 4 is 33.3 Å². The van der Waals surface area contributed by atoms with Gasteiger partial charge in [0.2, 0.25) is 21.8 Å². The number of aromatic nitrogens is 1. The molecule has 1 aromatic carbocycles. The van der Waals surface area contributed by atoms with Gasteiger partial charge in [0.1, 0.15) is 11.9 Å². The molecule has 9 heteroatoms. The summed E-state index contributed by atoms with van der Waals surface area (Å²) in [5, 5.41) is 2.68. The molecule has 0 saturated heterocycles. The molecule has 31 heavy (non-hydrogen) atoms. The van der Waals surface area contributed by atoms with Gasteiger partial charge in [0.25, 0.3) is 0 Å². The molecule has 2 N–H and O–H groups in total. The topological polar surface area (TPSA) is 108 Å². The molecule has 8 nitrogen and oxygen atoms in total. The smallest absolute Gasteiger partial charge is 0.243 e. The maximum atomic E-state index is 13.1. The summed E-state index contributed by atoms with van der Waals surface area (Å²) in [6, 6.07) is 8.90. The minimum absolute atomic E-state index is 0.0329. The molecule has 0 bridgehead atoms. The van der Waals surface area contributed by atoms with Crippen LogP contribution in [0.4, 0.5) is 11.5 Å². The fraction of sp³-hybridized carbons (Fsp3) is 0.409. The third-order valence-corrected chi connectivity index (χ3v) is 6.73. The molecule has 166 valence electrons. The van der Waals surface area contributed by atoms with Gasteiger partial charge >= 0.3 is 0 Å². The first-order valence-electron chi connectivity index (χ1n) is 10.2. The van der Waals surface area contributed by atoms with Crippen LogP contribution in [0.15, 0.2) is 41.3 Å². The van der Waals surface area contributed by atoms with E-state index in [4.69, 9.17) is 0 Å². The summed E-state index contributed by atoms with van der Waals surface area (Å²) in [6.07, 6.45) is 0.575. The summed E-state index contributed by atoms with van der Waals surface area (Å²) in [6.45, 7) is 8.76. The number of aryl methyl sites for hydroxylation is 1. The highest BCUT2D eigenvalue weighted by atomic mass is 32.2. The Morgan fingerprint density at radius 2 is 1.90 bits per heavy atom. The monoisotopic (exact) mass is 444 g/mol. The Hall–Kier alpha value is -2.78. The van der Waals surface area contributed by atoms with Crippen LogP contribution in [-0.4, -0.2) is 37.3 Å². The minimum Gasteiger partial charge on any atom is -0.309 e. The van der Waals surface area contributed by atoms with E-state index in [0.717, 1.165) is 16.9 Å². The average molecular weight is 445 g/mol. The number of carbonyl (C=O) groups is 2. The van der Waals surface area contributed by atoms with Gasteiger partial charge in [-0.25, -0.2) is 13.4 Å². The van der Waals surface area contributed by atoms with Crippen molar-refractivity contribution in [3.63, 3.8) is 0 Å². The number of amides is 2. The van der Waals surface area contributed by atoms with E-state index in [0.29, 0.717) is 12.2 Å². The summed E-state index contributed by atoms with van der Waals surface area (Å²) in [5.41, 5.74) is 2.26. The van der Waals surface area contributed by atoms with Crippen LogP contribution in [-0.2, 0) is 26.0 Å². The quantitative estimate of drug-likeness (QED) is 0.712. The van der Waals surface area contributed by atoms with Crippen molar-refractivity contribution in [3.8, 4) is 0 Å². The standard InChI is InChI=1S/C22H28N4O4S/c1-13(2)21(22(28)24-20-8-6-7-14(3)23-20)25-31(29,30)18-9-10-19-17(12-18)11-15(4)26(19)16(5)27/h6-10,12-13,15,21,25H,11H2,1-5H3,(H,23,24,28)/t15-,21-/m0/s1. The Morgan fingerprint density at radius 1 is 1.19 bits per heavy atom. The van der Waals surface area contributed by atoms with Crippen molar-refractivity contribution < 1.29 is 18.0 Å². The summed E-state index contributed by atoms with van der Waals surface area (Å²) < 4.78 is 28.7. The number of pyridine rings is 1. The van der Waals surface area contributed by atoms with E-state index in [1.54, 1.807) is 56.0 Å². The third-order valence-electron chi connectivity index (χ3n) is 5.29. The van der Waals surface area contributed by atoms with Crippen LogP contribution < -0.4 is 14.9 Å². The van der Waals surface area contributed by atoms with Crippen LogP contribution in [0.3, 0.4) is 0 Å². The second-order valence-electron chi connectivity index (χ2n) is 8.23. The molecule has 1 aliphatic rings. The fourth-order valence-corrected chi connectivity index (χ4v) is 5.19. The van der Waals surface area contributed by atoms with E-state index in [9.17, 15) is 18.0 Å². The Balaban J connectivity index is 1.83. The molecule has 0 radical (unpaired) electrons. The number of carbonyl (C=O) groups excluding carboxylic acids is 2. The van der Waals surface area contributed by atoms with Gasteiger partial charge in [0.15, 0.2) is 0 Å². The van der Waals surface area contributed by atoms with Crippen LogP contribution in [0.25, 0.3) is 0 Å². The van der Waals surface area contributed by atoms with Gasteiger partial charge in [-0.3, -0.25) is 9.59 Å². The van der Waals surface area contributed by atoms with E-state index < -0.39 is 22.0 Å². The molecule has 2 atom stereocenters. The summed E-state index contributed by atoms with van der Waals surface area (Å²) in [4.78, 5) is 30.7. The predicted octanol–water partition coefficient (Wildman–Crippen LogP) is 2.63. The second-order valence-corrected chi connectivity index (χ2v) is 9.94.